The molecule has 0 aliphatic heterocycles. The lowest BCUT2D eigenvalue weighted by Crippen LogP contribution is -2.20. The number of hydrogen-bond acceptors (Lipinski definition) is 6. The molecule has 1 N–H and O–H groups in total. The van der Waals surface area contributed by atoms with Gasteiger partial charge in [-0.05, 0) is 50.2 Å². The van der Waals surface area contributed by atoms with E-state index in [1.54, 1.807) is 24.3 Å². The third-order valence-corrected chi connectivity index (χ3v) is 4.01. The molecule has 0 radical (unpaired) electrons. The summed E-state index contributed by atoms with van der Waals surface area (Å²) in [5.41, 5.74) is 0.695. The van der Waals surface area contributed by atoms with Crippen molar-refractivity contribution in [2.75, 3.05) is 18.5 Å². The van der Waals surface area contributed by atoms with Gasteiger partial charge in [-0.1, -0.05) is 0 Å². The molecule has 6 nitrogen and oxygen atoms in total. The topological polar surface area (TPSA) is 73.6 Å². The molecule has 3 aromatic rings. The summed E-state index contributed by atoms with van der Waals surface area (Å²) in [6.07, 6.45) is 0. The Morgan fingerprint density at radius 3 is 2.52 bits per heavy atom. The number of ether oxygens (including phenoxy) is 2. The number of benzene rings is 1. The Morgan fingerprint density at radius 1 is 1.16 bits per heavy atom. The summed E-state index contributed by atoms with van der Waals surface area (Å²) < 4.78 is 16.3. The largest absolute Gasteiger partial charge is 0.494 e. The van der Waals surface area contributed by atoms with E-state index in [-0.39, 0.29) is 12.5 Å². The highest BCUT2D eigenvalue weighted by Gasteiger charge is 2.11. The van der Waals surface area contributed by atoms with Gasteiger partial charge in [-0.3, -0.25) is 10.1 Å². The second-order valence-corrected chi connectivity index (χ2v) is 6.05. The molecule has 0 aliphatic rings. The molecule has 0 fully saturated rings. The standard InChI is InChI=1S/C18H18N2O4S/c1-3-22-13-5-7-14(8-6-13)23-10-17(21)20-18-19-15(11-25-18)16-9-4-12(2)24-16/h4-9,11H,3,10H2,1-2H3,(H,19,20,21). The van der Waals surface area contributed by atoms with E-state index in [0.717, 1.165) is 11.5 Å². The van der Waals surface area contributed by atoms with Crippen molar-refractivity contribution in [3.8, 4) is 23.0 Å². The summed E-state index contributed by atoms with van der Waals surface area (Å²) in [5.74, 6) is 2.59. The number of furan rings is 1. The number of carbonyl (C=O) groups is 1. The van der Waals surface area contributed by atoms with Crippen LogP contribution in [0.5, 0.6) is 11.5 Å². The zero-order valence-electron chi connectivity index (χ0n) is 13.9. The van der Waals surface area contributed by atoms with E-state index in [4.69, 9.17) is 13.9 Å². The Hall–Kier alpha value is -2.80. The van der Waals surface area contributed by atoms with Crippen molar-refractivity contribution in [1.82, 2.24) is 4.98 Å². The van der Waals surface area contributed by atoms with Gasteiger partial charge in [0, 0.05) is 5.38 Å². The molecule has 0 saturated carbocycles. The molecule has 0 saturated heterocycles. The average molecular weight is 358 g/mol. The molecule has 1 aromatic carbocycles. The lowest BCUT2D eigenvalue weighted by molar-refractivity contribution is -0.118. The number of nitrogens with zero attached hydrogens (tertiary/aromatic N) is 1. The molecule has 3 rings (SSSR count). The molecule has 0 atom stereocenters. The SMILES string of the molecule is CCOc1ccc(OCC(=O)Nc2nc(-c3ccc(C)o3)cs2)cc1. The number of hydrogen-bond donors (Lipinski definition) is 1. The van der Waals surface area contributed by atoms with Crippen molar-refractivity contribution >= 4 is 22.4 Å². The van der Waals surface area contributed by atoms with E-state index in [0.29, 0.717) is 28.9 Å². The van der Waals surface area contributed by atoms with Crippen LogP contribution in [0.2, 0.25) is 0 Å². The third-order valence-electron chi connectivity index (χ3n) is 3.25. The van der Waals surface area contributed by atoms with E-state index >= 15 is 0 Å². The lowest BCUT2D eigenvalue weighted by Gasteiger charge is -2.07. The first-order valence-electron chi connectivity index (χ1n) is 7.82. The van der Waals surface area contributed by atoms with Gasteiger partial charge in [0.25, 0.3) is 5.91 Å². The first-order valence-corrected chi connectivity index (χ1v) is 8.70. The van der Waals surface area contributed by atoms with Gasteiger partial charge in [-0.15, -0.1) is 11.3 Å². The number of anilines is 1. The summed E-state index contributed by atoms with van der Waals surface area (Å²) >= 11 is 1.34. The maximum Gasteiger partial charge on any atom is 0.264 e. The summed E-state index contributed by atoms with van der Waals surface area (Å²) in [5, 5.41) is 5.06. The van der Waals surface area contributed by atoms with Crippen molar-refractivity contribution in [3.05, 3.63) is 47.5 Å². The van der Waals surface area contributed by atoms with Gasteiger partial charge < -0.3 is 13.9 Å². The van der Waals surface area contributed by atoms with E-state index in [9.17, 15) is 4.79 Å². The van der Waals surface area contributed by atoms with Crippen molar-refractivity contribution in [2.45, 2.75) is 13.8 Å². The zero-order chi connectivity index (χ0) is 17.6. The normalized spacial score (nSPS) is 10.5. The Kier molecular flexibility index (Phi) is 5.35. The fourth-order valence-electron chi connectivity index (χ4n) is 2.12. The van der Waals surface area contributed by atoms with Gasteiger partial charge in [0.15, 0.2) is 17.5 Å². The minimum Gasteiger partial charge on any atom is -0.494 e. The van der Waals surface area contributed by atoms with Crippen LogP contribution in [0, 0.1) is 6.92 Å². The van der Waals surface area contributed by atoms with Crippen LogP contribution in [0.15, 0.2) is 46.2 Å². The van der Waals surface area contributed by atoms with Crippen molar-refractivity contribution in [3.63, 3.8) is 0 Å². The fourth-order valence-corrected chi connectivity index (χ4v) is 2.84. The van der Waals surface area contributed by atoms with Gasteiger partial charge in [-0.2, -0.15) is 0 Å². The Labute approximate surface area is 149 Å². The van der Waals surface area contributed by atoms with Crippen LogP contribution in [-0.2, 0) is 4.79 Å². The third kappa shape index (κ3) is 4.60. The van der Waals surface area contributed by atoms with Crippen LogP contribution in [0.25, 0.3) is 11.5 Å². The highest BCUT2D eigenvalue weighted by atomic mass is 32.1. The van der Waals surface area contributed by atoms with Crippen LogP contribution in [0.4, 0.5) is 5.13 Å². The van der Waals surface area contributed by atoms with Gasteiger partial charge in [-0.25, -0.2) is 4.98 Å². The molecule has 2 aromatic heterocycles. The first kappa shape index (κ1) is 17.0. The van der Waals surface area contributed by atoms with Gasteiger partial charge in [0.05, 0.1) is 6.61 Å². The number of rotatable bonds is 7. The first-order chi connectivity index (χ1) is 12.1. The number of amides is 1. The van der Waals surface area contributed by atoms with Crippen LogP contribution in [0.1, 0.15) is 12.7 Å². The van der Waals surface area contributed by atoms with Gasteiger partial charge in [0.2, 0.25) is 0 Å². The molecule has 2 heterocycles. The summed E-state index contributed by atoms with van der Waals surface area (Å²) in [6.45, 7) is 4.31. The average Bonchev–Trinajstić information content (AvgIpc) is 3.23. The predicted molar refractivity (Wildman–Crippen MR) is 96.3 cm³/mol. The molecule has 130 valence electrons. The van der Waals surface area contributed by atoms with E-state index in [1.165, 1.54) is 11.3 Å². The Balaban J connectivity index is 1.51. The lowest BCUT2D eigenvalue weighted by atomic mass is 10.3. The predicted octanol–water partition coefficient (Wildman–Crippen LogP) is 4.13. The second kappa shape index (κ2) is 7.85. The van der Waals surface area contributed by atoms with Gasteiger partial charge in [0.1, 0.15) is 23.0 Å². The molecular weight excluding hydrogens is 340 g/mol. The molecule has 7 heteroatoms. The Bertz CT molecular complexity index is 839. The number of aromatic nitrogens is 1. The smallest absolute Gasteiger partial charge is 0.264 e. The van der Waals surface area contributed by atoms with E-state index < -0.39 is 0 Å². The van der Waals surface area contributed by atoms with E-state index in [1.807, 2.05) is 31.4 Å². The molecule has 25 heavy (non-hydrogen) atoms. The van der Waals surface area contributed by atoms with Crippen LogP contribution >= 0.6 is 11.3 Å². The number of nitrogens with one attached hydrogen (secondary N) is 1. The van der Waals surface area contributed by atoms with Crippen molar-refractivity contribution in [2.24, 2.45) is 0 Å². The number of aryl methyl sites for hydroxylation is 1. The number of thiazole rings is 1. The monoisotopic (exact) mass is 358 g/mol. The highest BCUT2D eigenvalue weighted by Crippen LogP contribution is 2.26. The number of carbonyl (C=O) groups excluding carboxylic acids is 1. The maximum atomic E-state index is 12.0. The van der Waals surface area contributed by atoms with Crippen LogP contribution in [-0.4, -0.2) is 24.1 Å². The highest BCUT2D eigenvalue weighted by molar-refractivity contribution is 7.14. The minimum absolute atomic E-state index is 0.0945. The summed E-state index contributed by atoms with van der Waals surface area (Å²) in [4.78, 5) is 16.3. The summed E-state index contributed by atoms with van der Waals surface area (Å²) in [6, 6.07) is 10.9. The minimum atomic E-state index is -0.273. The molecular formula is C18H18N2O4S. The molecule has 0 aliphatic carbocycles. The van der Waals surface area contributed by atoms with E-state index in [2.05, 4.69) is 10.3 Å². The summed E-state index contributed by atoms with van der Waals surface area (Å²) in [7, 11) is 0. The van der Waals surface area contributed by atoms with Crippen LogP contribution in [0.3, 0.4) is 0 Å². The maximum absolute atomic E-state index is 12.0. The fraction of sp³-hybridized carbons (Fsp3) is 0.222. The Morgan fingerprint density at radius 2 is 1.88 bits per heavy atom. The molecule has 0 bridgehead atoms. The quantitative estimate of drug-likeness (QED) is 0.687. The second-order valence-electron chi connectivity index (χ2n) is 5.19. The van der Waals surface area contributed by atoms with Gasteiger partial charge >= 0.3 is 0 Å². The molecule has 0 spiro atoms. The molecule has 1 amide bonds. The van der Waals surface area contributed by atoms with Crippen LogP contribution < -0.4 is 14.8 Å². The van der Waals surface area contributed by atoms with Crippen molar-refractivity contribution in [1.29, 1.82) is 0 Å². The zero-order valence-corrected chi connectivity index (χ0v) is 14.8. The van der Waals surface area contributed by atoms with Crippen molar-refractivity contribution < 1.29 is 18.7 Å². The molecule has 0 unspecified atom stereocenters.